The molecular weight excluding hydrogens is 230 g/mol. The molecule has 0 aliphatic heterocycles. The van der Waals surface area contributed by atoms with Gasteiger partial charge in [-0.3, -0.25) is 4.79 Å². The second-order valence-corrected chi connectivity index (χ2v) is 5.04. The molecule has 1 atom stereocenters. The number of rotatable bonds is 3. The van der Waals surface area contributed by atoms with Gasteiger partial charge in [0.15, 0.2) is 0 Å². The number of amides is 1. The number of hydrogen-bond donors (Lipinski definition) is 2. The molecule has 18 heavy (non-hydrogen) atoms. The van der Waals surface area contributed by atoms with Gasteiger partial charge in [-0.15, -0.1) is 0 Å². The lowest BCUT2D eigenvalue weighted by atomic mass is 9.63. The molecule has 0 aromatic rings. The predicted molar refractivity (Wildman–Crippen MR) is 67.6 cm³/mol. The highest BCUT2D eigenvalue weighted by atomic mass is 16.4. The minimum atomic E-state index is -0.950. The number of carbonyl (C=O) groups excluding carboxylic acids is 1. The van der Waals surface area contributed by atoms with E-state index in [2.05, 4.69) is 0 Å². The Morgan fingerprint density at radius 1 is 1.33 bits per heavy atom. The van der Waals surface area contributed by atoms with E-state index >= 15 is 0 Å². The second kappa shape index (κ2) is 4.44. The summed E-state index contributed by atoms with van der Waals surface area (Å²) in [5.41, 5.74) is 6.05. The van der Waals surface area contributed by atoms with Gasteiger partial charge in [0.2, 0.25) is 5.91 Å². The van der Waals surface area contributed by atoms with Crippen LogP contribution in [0.4, 0.5) is 0 Å². The van der Waals surface area contributed by atoms with Crippen LogP contribution in [0.1, 0.15) is 26.2 Å². The molecule has 2 rings (SSSR count). The zero-order valence-corrected chi connectivity index (χ0v) is 10.3. The van der Waals surface area contributed by atoms with Crippen molar-refractivity contribution in [2.24, 2.45) is 17.1 Å². The van der Waals surface area contributed by atoms with E-state index in [4.69, 9.17) is 10.8 Å². The van der Waals surface area contributed by atoms with E-state index in [1.165, 1.54) is 0 Å². The van der Waals surface area contributed by atoms with E-state index in [0.29, 0.717) is 0 Å². The van der Waals surface area contributed by atoms with Gasteiger partial charge < -0.3 is 10.8 Å². The summed E-state index contributed by atoms with van der Waals surface area (Å²) in [6.45, 7) is 1.91. The fourth-order valence-electron chi connectivity index (χ4n) is 2.57. The molecule has 0 aromatic carbocycles. The number of carboxylic acid groups (broad SMARTS) is 1. The van der Waals surface area contributed by atoms with E-state index in [-0.39, 0.29) is 17.4 Å². The molecule has 4 nitrogen and oxygen atoms in total. The maximum absolute atomic E-state index is 11.7. The van der Waals surface area contributed by atoms with Crippen molar-refractivity contribution in [1.82, 2.24) is 0 Å². The summed E-state index contributed by atoms with van der Waals surface area (Å²) in [7, 11) is 0. The van der Waals surface area contributed by atoms with Crippen molar-refractivity contribution in [3.63, 3.8) is 0 Å². The van der Waals surface area contributed by atoms with E-state index in [9.17, 15) is 9.59 Å². The summed E-state index contributed by atoms with van der Waals surface area (Å²) < 4.78 is 0. The van der Waals surface area contributed by atoms with Crippen LogP contribution in [-0.4, -0.2) is 17.0 Å². The van der Waals surface area contributed by atoms with Gasteiger partial charge in [-0.2, -0.15) is 0 Å². The van der Waals surface area contributed by atoms with Crippen molar-refractivity contribution in [3.8, 4) is 0 Å². The van der Waals surface area contributed by atoms with Crippen molar-refractivity contribution < 1.29 is 14.7 Å². The molecule has 1 unspecified atom stereocenters. The van der Waals surface area contributed by atoms with Crippen LogP contribution < -0.4 is 5.73 Å². The maximum Gasteiger partial charge on any atom is 0.335 e. The molecule has 3 N–H and O–H groups in total. The zero-order chi connectivity index (χ0) is 13.3. The van der Waals surface area contributed by atoms with Crippen LogP contribution in [0.2, 0.25) is 0 Å². The van der Waals surface area contributed by atoms with Crippen molar-refractivity contribution in [1.29, 1.82) is 0 Å². The smallest absolute Gasteiger partial charge is 0.335 e. The van der Waals surface area contributed by atoms with Crippen LogP contribution >= 0.6 is 0 Å². The van der Waals surface area contributed by atoms with Crippen molar-refractivity contribution in [2.45, 2.75) is 26.2 Å². The molecule has 1 fully saturated rings. The lowest BCUT2D eigenvalue weighted by Gasteiger charge is -2.40. The van der Waals surface area contributed by atoms with E-state index in [1.54, 1.807) is 18.2 Å². The summed E-state index contributed by atoms with van der Waals surface area (Å²) >= 11 is 0. The van der Waals surface area contributed by atoms with Crippen molar-refractivity contribution >= 4 is 11.9 Å². The van der Waals surface area contributed by atoms with Crippen LogP contribution in [-0.2, 0) is 9.59 Å². The molecule has 4 heteroatoms. The largest absolute Gasteiger partial charge is 0.478 e. The average Bonchev–Trinajstić information content (AvgIpc) is 2.38. The third-order valence-electron chi connectivity index (χ3n) is 3.81. The van der Waals surface area contributed by atoms with Crippen molar-refractivity contribution in [3.05, 3.63) is 35.5 Å². The Morgan fingerprint density at radius 3 is 2.44 bits per heavy atom. The first kappa shape index (κ1) is 12.6. The fourth-order valence-corrected chi connectivity index (χ4v) is 2.57. The average molecular weight is 247 g/mol. The van der Waals surface area contributed by atoms with Gasteiger partial charge in [-0.1, -0.05) is 31.6 Å². The Bertz CT molecular complexity index is 481. The van der Waals surface area contributed by atoms with E-state index in [0.717, 1.165) is 24.8 Å². The van der Waals surface area contributed by atoms with Gasteiger partial charge >= 0.3 is 5.97 Å². The van der Waals surface area contributed by atoms with Crippen LogP contribution in [0.15, 0.2) is 35.5 Å². The van der Waals surface area contributed by atoms with Gasteiger partial charge in [-0.05, 0) is 30.4 Å². The molecule has 0 spiro atoms. The Balaban J connectivity index is 2.34. The summed E-state index contributed by atoms with van der Waals surface area (Å²) in [4.78, 5) is 22.6. The topological polar surface area (TPSA) is 80.4 Å². The molecule has 0 aromatic heterocycles. The molecule has 0 bridgehead atoms. The number of hydrogen-bond acceptors (Lipinski definition) is 2. The molecule has 0 saturated heterocycles. The zero-order valence-electron chi connectivity index (χ0n) is 10.3. The Kier molecular flexibility index (Phi) is 3.11. The van der Waals surface area contributed by atoms with E-state index in [1.807, 2.05) is 13.0 Å². The first-order valence-corrected chi connectivity index (χ1v) is 6.11. The SMILES string of the molecule is CC1C=C(C(=O)O)C=CC(C2(C(N)=O)CCC2)=C1. The van der Waals surface area contributed by atoms with Crippen molar-refractivity contribution in [2.75, 3.05) is 0 Å². The Labute approximate surface area is 106 Å². The lowest BCUT2D eigenvalue weighted by molar-refractivity contribution is -0.132. The first-order valence-electron chi connectivity index (χ1n) is 6.11. The highest BCUT2D eigenvalue weighted by Crippen LogP contribution is 2.48. The summed E-state index contributed by atoms with van der Waals surface area (Å²) in [5, 5.41) is 9.02. The number of allylic oxidation sites excluding steroid dienone is 3. The molecule has 1 amide bonds. The quantitative estimate of drug-likeness (QED) is 0.797. The molecule has 96 valence electrons. The van der Waals surface area contributed by atoms with Crippen LogP contribution in [0.3, 0.4) is 0 Å². The van der Waals surface area contributed by atoms with Crippen LogP contribution in [0, 0.1) is 11.3 Å². The minimum absolute atomic E-state index is 0.0158. The Morgan fingerprint density at radius 2 is 2.00 bits per heavy atom. The molecule has 0 radical (unpaired) electrons. The minimum Gasteiger partial charge on any atom is -0.478 e. The molecule has 1 saturated carbocycles. The number of carbonyl (C=O) groups is 2. The molecular formula is C14H17NO3. The number of aliphatic carboxylic acids is 1. The highest BCUT2D eigenvalue weighted by Gasteiger charge is 2.45. The monoisotopic (exact) mass is 247 g/mol. The highest BCUT2D eigenvalue weighted by molar-refractivity contribution is 5.91. The van der Waals surface area contributed by atoms with Gasteiger partial charge in [-0.25, -0.2) is 4.79 Å². The normalized spacial score (nSPS) is 25.5. The summed E-state index contributed by atoms with van der Waals surface area (Å²) in [6.07, 6.45) is 9.41. The molecule has 2 aliphatic carbocycles. The number of carboxylic acids is 1. The maximum atomic E-state index is 11.7. The lowest BCUT2D eigenvalue weighted by Crippen LogP contribution is -2.44. The van der Waals surface area contributed by atoms with Crippen LogP contribution in [0.25, 0.3) is 0 Å². The standard InChI is InChI=1S/C14H17NO3/c1-9-7-10(12(16)17)3-4-11(8-9)14(13(15)18)5-2-6-14/h3-4,7-9H,2,5-6H2,1H3,(H2,15,18)(H,16,17). The van der Waals surface area contributed by atoms with Gasteiger partial charge in [0, 0.05) is 0 Å². The first-order chi connectivity index (χ1) is 8.45. The predicted octanol–water partition coefficient (Wildman–Crippen LogP) is 1.79. The number of nitrogens with two attached hydrogens (primary N) is 1. The fraction of sp³-hybridized carbons (Fsp3) is 0.429. The van der Waals surface area contributed by atoms with Gasteiger partial charge in [0.25, 0.3) is 0 Å². The summed E-state index contributed by atoms with van der Waals surface area (Å²) in [5.74, 6) is -1.27. The molecule has 0 heterocycles. The van der Waals surface area contributed by atoms with Crippen LogP contribution in [0.5, 0.6) is 0 Å². The van der Waals surface area contributed by atoms with E-state index < -0.39 is 11.4 Å². The number of primary amides is 1. The molecule has 2 aliphatic rings. The van der Waals surface area contributed by atoms with Gasteiger partial charge in [0.1, 0.15) is 0 Å². The van der Waals surface area contributed by atoms with Gasteiger partial charge in [0.05, 0.1) is 11.0 Å². The second-order valence-electron chi connectivity index (χ2n) is 5.04. The third-order valence-corrected chi connectivity index (χ3v) is 3.81. The Hall–Kier alpha value is -1.84. The third kappa shape index (κ3) is 1.98. The summed E-state index contributed by atoms with van der Waals surface area (Å²) in [6, 6.07) is 0.